The summed E-state index contributed by atoms with van der Waals surface area (Å²) in [7, 11) is 0. The van der Waals surface area contributed by atoms with Crippen molar-refractivity contribution in [3.63, 3.8) is 0 Å². The van der Waals surface area contributed by atoms with Gasteiger partial charge in [-0.25, -0.2) is 0 Å². The number of amides is 3. The van der Waals surface area contributed by atoms with Crippen LogP contribution in [0.25, 0.3) is 0 Å². The van der Waals surface area contributed by atoms with Gasteiger partial charge in [-0.1, -0.05) is 11.8 Å². The Hall–Kier alpha value is -1.57. The number of imide groups is 1. The summed E-state index contributed by atoms with van der Waals surface area (Å²) < 4.78 is 0. The fourth-order valence-electron chi connectivity index (χ4n) is 1.55. The van der Waals surface area contributed by atoms with Gasteiger partial charge in [0, 0.05) is 25.9 Å². The Morgan fingerprint density at radius 2 is 1.95 bits per heavy atom. The van der Waals surface area contributed by atoms with Crippen molar-refractivity contribution in [1.29, 1.82) is 0 Å². The molecule has 1 heterocycles. The Morgan fingerprint density at radius 3 is 2.53 bits per heavy atom. The highest BCUT2D eigenvalue weighted by molar-refractivity contribution is 8.14. The van der Waals surface area contributed by atoms with Crippen molar-refractivity contribution < 1.29 is 24.3 Å². The van der Waals surface area contributed by atoms with Crippen LogP contribution in [-0.2, 0) is 14.4 Å². The van der Waals surface area contributed by atoms with E-state index in [0.29, 0.717) is 12.8 Å². The van der Waals surface area contributed by atoms with Gasteiger partial charge in [0.25, 0.3) is 5.24 Å². The second-order valence-corrected chi connectivity index (χ2v) is 4.98. The van der Waals surface area contributed by atoms with Gasteiger partial charge < -0.3 is 10.4 Å². The van der Waals surface area contributed by atoms with E-state index in [-0.39, 0.29) is 48.7 Å². The molecule has 1 saturated heterocycles. The van der Waals surface area contributed by atoms with Crippen molar-refractivity contribution in [2.24, 2.45) is 0 Å². The predicted molar refractivity (Wildman–Crippen MR) is 68.7 cm³/mol. The average Bonchev–Trinajstić information content (AvgIpc) is 2.66. The van der Waals surface area contributed by atoms with E-state index in [2.05, 4.69) is 5.32 Å². The Balaban J connectivity index is 2.08. The molecule has 0 unspecified atom stereocenters. The highest BCUT2D eigenvalue weighted by Crippen LogP contribution is 2.17. The van der Waals surface area contributed by atoms with E-state index in [1.807, 2.05) is 0 Å². The Labute approximate surface area is 114 Å². The van der Waals surface area contributed by atoms with E-state index in [4.69, 9.17) is 5.11 Å². The van der Waals surface area contributed by atoms with Gasteiger partial charge in [0.1, 0.15) is 0 Å². The molecule has 0 aromatic rings. The Kier molecular flexibility index (Phi) is 6.34. The van der Waals surface area contributed by atoms with Gasteiger partial charge in [-0.3, -0.25) is 24.1 Å². The van der Waals surface area contributed by atoms with E-state index in [9.17, 15) is 19.2 Å². The van der Waals surface area contributed by atoms with Crippen molar-refractivity contribution >= 4 is 34.8 Å². The first-order chi connectivity index (χ1) is 9.00. The van der Waals surface area contributed by atoms with Crippen LogP contribution in [0.15, 0.2) is 0 Å². The van der Waals surface area contributed by atoms with Gasteiger partial charge in [-0.2, -0.15) is 0 Å². The van der Waals surface area contributed by atoms with Crippen LogP contribution in [-0.4, -0.2) is 51.9 Å². The van der Waals surface area contributed by atoms with Crippen molar-refractivity contribution in [2.45, 2.75) is 25.7 Å². The number of hydrogen-bond donors (Lipinski definition) is 2. The molecule has 1 fully saturated rings. The quantitative estimate of drug-likeness (QED) is 0.628. The zero-order valence-corrected chi connectivity index (χ0v) is 11.2. The maximum Gasteiger partial charge on any atom is 0.303 e. The Bertz CT molecular complexity index is 369. The molecule has 0 aromatic carbocycles. The van der Waals surface area contributed by atoms with Crippen LogP contribution in [0.2, 0.25) is 0 Å². The van der Waals surface area contributed by atoms with Crippen LogP contribution >= 0.6 is 11.8 Å². The average molecular weight is 288 g/mol. The molecule has 2 N–H and O–H groups in total. The Morgan fingerprint density at radius 1 is 1.26 bits per heavy atom. The lowest BCUT2D eigenvalue weighted by Crippen LogP contribution is -2.37. The summed E-state index contributed by atoms with van der Waals surface area (Å²) in [6.07, 6.45) is 1.28. The molecule has 19 heavy (non-hydrogen) atoms. The lowest BCUT2D eigenvalue weighted by Gasteiger charge is -2.12. The number of carboxylic acids is 1. The number of thioether (sulfide) groups is 1. The molecular formula is C11H16N2O5S. The molecule has 1 aliphatic heterocycles. The van der Waals surface area contributed by atoms with Crippen LogP contribution in [0.4, 0.5) is 4.79 Å². The number of carbonyl (C=O) groups is 4. The summed E-state index contributed by atoms with van der Waals surface area (Å²) in [5.74, 6) is -1.13. The SMILES string of the molecule is O=C(O)CCCCC(=O)NCCN1C(=O)CSC1=O. The third kappa shape index (κ3) is 5.73. The largest absolute Gasteiger partial charge is 0.481 e. The van der Waals surface area contributed by atoms with Gasteiger partial charge in [0.2, 0.25) is 11.8 Å². The number of nitrogens with zero attached hydrogens (tertiary/aromatic N) is 1. The highest BCUT2D eigenvalue weighted by Gasteiger charge is 2.29. The smallest absolute Gasteiger partial charge is 0.303 e. The lowest BCUT2D eigenvalue weighted by atomic mass is 10.2. The van der Waals surface area contributed by atoms with Gasteiger partial charge in [0.05, 0.1) is 5.75 Å². The van der Waals surface area contributed by atoms with Crippen molar-refractivity contribution in [3.8, 4) is 0 Å². The number of aliphatic carboxylic acids is 1. The molecule has 3 amide bonds. The van der Waals surface area contributed by atoms with Gasteiger partial charge in [-0.05, 0) is 12.8 Å². The molecule has 0 aromatic heterocycles. The zero-order valence-electron chi connectivity index (χ0n) is 10.4. The minimum absolute atomic E-state index is 0.0568. The molecule has 1 aliphatic rings. The van der Waals surface area contributed by atoms with E-state index in [1.165, 1.54) is 0 Å². The van der Waals surface area contributed by atoms with Crippen LogP contribution < -0.4 is 5.32 Å². The minimum Gasteiger partial charge on any atom is -0.481 e. The first-order valence-electron chi connectivity index (χ1n) is 5.96. The summed E-state index contributed by atoms with van der Waals surface area (Å²) in [4.78, 5) is 45.2. The van der Waals surface area contributed by atoms with Crippen LogP contribution in [0.1, 0.15) is 25.7 Å². The summed E-state index contributed by atoms with van der Waals surface area (Å²) >= 11 is 0.961. The molecule has 0 aliphatic carbocycles. The third-order valence-corrected chi connectivity index (χ3v) is 3.40. The first kappa shape index (κ1) is 15.5. The normalized spacial score (nSPS) is 14.8. The summed E-state index contributed by atoms with van der Waals surface area (Å²) in [5, 5.41) is 10.7. The van der Waals surface area contributed by atoms with Crippen LogP contribution in [0.3, 0.4) is 0 Å². The number of carboxylic acid groups (broad SMARTS) is 1. The highest BCUT2D eigenvalue weighted by atomic mass is 32.2. The molecular weight excluding hydrogens is 272 g/mol. The van der Waals surface area contributed by atoms with Gasteiger partial charge in [0.15, 0.2) is 0 Å². The van der Waals surface area contributed by atoms with E-state index in [0.717, 1.165) is 16.7 Å². The summed E-state index contributed by atoms with van der Waals surface area (Å²) in [5.41, 5.74) is 0. The predicted octanol–water partition coefficient (Wildman–Crippen LogP) is 0.443. The minimum atomic E-state index is -0.871. The monoisotopic (exact) mass is 288 g/mol. The molecule has 1 rings (SSSR count). The van der Waals surface area contributed by atoms with Crippen molar-refractivity contribution in [1.82, 2.24) is 10.2 Å². The number of carbonyl (C=O) groups excluding carboxylic acids is 3. The van der Waals surface area contributed by atoms with E-state index in [1.54, 1.807) is 0 Å². The third-order valence-electron chi connectivity index (χ3n) is 2.54. The lowest BCUT2D eigenvalue weighted by molar-refractivity contribution is -0.137. The van der Waals surface area contributed by atoms with Crippen molar-refractivity contribution in [3.05, 3.63) is 0 Å². The second kappa shape index (κ2) is 7.78. The van der Waals surface area contributed by atoms with E-state index < -0.39 is 5.97 Å². The molecule has 0 bridgehead atoms. The van der Waals surface area contributed by atoms with Crippen molar-refractivity contribution in [2.75, 3.05) is 18.8 Å². The fourth-order valence-corrected chi connectivity index (χ4v) is 2.31. The molecule has 0 radical (unpaired) electrons. The number of rotatable bonds is 8. The van der Waals surface area contributed by atoms with Gasteiger partial charge >= 0.3 is 5.97 Å². The number of hydrogen-bond acceptors (Lipinski definition) is 5. The molecule has 0 spiro atoms. The number of nitrogens with one attached hydrogen (secondary N) is 1. The summed E-state index contributed by atoms with van der Waals surface area (Å²) in [6.45, 7) is 0.418. The maximum absolute atomic E-state index is 11.4. The molecule has 7 nitrogen and oxygen atoms in total. The number of unbranched alkanes of at least 4 members (excludes halogenated alkanes) is 1. The maximum atomic E-state index is 11.4. The van der Waals surface area contributed by atoms with E-state index >= 15 is 0 Å². The molecule has 0 atom stereocenters. The second-order valence-electron chi connectivity index (χ2n) is 4.05. The van der Waals surface area contributed by atoms with Crippen LogP contribution in [0, 0.1) is 0 Å². The summed E-state index contributed by atoms with van der Waals surface area (Å²) in [6, 6.07) is 0. The molecule has 8 heteroatoms. The zero-order chi connectivity index (χ0) is 14.3. The fraction of sp³-hybridized carbons (Fsp3) is 0.636. The molecule has 106 valence electrons. The van der Waals surface area contributed by atoms with Gasteiger partial charge in [-0.15, -0.1) is 0 Å². The topological polar surface area (TPSA) is 104 Å². The standard InChI is InChI=1S/C11H16N2O5S/c14-8(3-1-2-4-10(16)17)12-5-6-13-9(15)7-19-11(13)18/h1-7H2,(H,12,14)(H,16,17). The first-order valence-corrected chi connectivity index (χ1v) is 6.95. The molecule has 0 saturated carbocycles. The van der Waals surface area contributed by atoms with Crippen LogP contribution in [0.5, 0.6) is 0 Å².